The summed E-state index contributed by atoms with van der Waals surface area (Å²) in [7, 11) is 0. The van der Waals surface area contributed by atoms with Crippen molar-refractivity contribution in [1.82, 2.24) is 15.1 Å². The number of carbonyl (C=O) groups excluding carboxylic acids is 2. The number of aromatic nitrogens is 2. The molecule has 0 bridgehead atoms. The second-order valence-electron chi connectivity index (χ2n) is 6.64. The topological polar surface area (TPSA) is 96.3 Å². The van der Waals surface area contributed by atoms with Gasteiger partial charge in [-0.1, -0.05) is 6.07 Å². The molecule has 0 radical (unpaired) electrons. The molecule has 7 nitrogen and oxygen atoms in total. The van der Waals surface area contributed by atoms with E-state index in [1.165, 1.54) is 22.1 Å². The fourth-order valence-electron chi connectivity index (χ4n) is 3.01. The molecule has 1 aliphatic rings. The highest BCUT2D eigenvalue weighted by Gasteiger charge is 2.30. The molecule has 0 aliphatic heterocycles. The Hall–Kier alpha value is -3.13. The molecule has 28 heavy (non-hydrogen) atoms. The Kier molecular flexibility index (Phi) is 4.87. The molecule has 8 heteroatoms. The van der Waals surface area contributed by atoms with Crippen LogP contribution in [0.3, 0.4) is 0 Å². The van der Waals surface area contributed by atoms with Crippen LogP contribution in [-0.4, -0.2) is 33.4 Å². The number of nitrogens with zero attached hydrogens (tertiary/aromatic N) is 2. The van der Waals surface area contributed by atoms with Gasteiger partial charge in [0.05, 0.1) is 16.3 Å². The molecule has 1 fully saturated rings. The summed E-state index contributed by atoms with van der Waals surface area (Å²) in [6.07, 6.45) is 2.04. The largest absolute Gasteiger partial charge is 0.507 e. The highest BCUT2D eigenvalue weighted by atomic mass is 32.1. The zero-order valence-electron chi connectivity index (χ0n) is 15.3. The molecule has 2 aromatic heterocycles. The Balaban J connectivity index is 1.66. The van der Waals surface area contributed by atoms with Crippen molar-refractivity contribution in [2.45, 2.75) is 25.7 Å². The van der Waals surface area contributed by atoms with Gasteiger partial charge >= 0.3 is 6.03 Å². The summed E-state index contributed by atoms with van der Waals surface area (Å²) >= 11 is 1.36. The number of phenols is 1. The SMILES string of the molecule is CCNC(=O)n1nc(-c2cc(NC(=O)c3cccs3)ccc2O)cc1C1CC1. The van der Waals surface area contributed by atoms with E-state index >= 15 is 0 Å². The lowest BCUT2D eigenvalue weighted by Crippen LogP contribution is -2.30. The Morgan fingerprint density at radius 3 is 2.79 bits per heavy atom. The molecule has 3 aromatic rings. The number of amides is 2. The van der Waals surface area contributed by atoms with Crippen LogP contribution >= 0.6 is 11.3 Å². The lowest BCUT2D eigenvalue weighted by Gasteiger charge is -2.07. The van der Waals surface area contributed by atoms with E-state index in [9.17, 15) is 14.7 Å². The van der Waals surface area contributed by atoms with Crippen LogP contribution in [0.25, 0.3) is 11.3 Å². The molecule has 0 saturated heterocycles. The minimum Gasteiger partial charge on any atom is -0.507 e. The highest BCUT2D eigenvalue weighted by molar-refractivity contribution is 7.12. The van der Waals surface area contributed by atoms with Gasteiger partial charge in [-0.15, -0.1) is 11.3 Å². The van der Waals surface area contributed by atoms with Crippen LogP contribution in [0, 0.1) is 0 Å². The van der Waals surface area contributed by atoms with Gasteiger partial charge in [-0.2, -0.15) is 9.78 Å². The second-order valence-corrected chi connectivity index (χ2v) is 7.59. The van der Waals surface area contributed by atoms with E-state index in [0.29, 0.717) is 34.3 Å². The van der Waals surface area contributed by atoms with Crippen LogP contribution in [0.2, 0.25) is 0 Å². The number of rotatable bonds is 5. The van der Waals surface area contributed by atoms with E-state index < -0.39 is 0 Å². The smallest absolute Gasteiger partial charge is 0.342 e. The minimum atomic E-state index is -0.280. The van der Waals surface area contributed by atoms with Crippen molar-refractivity contribution in [3.8, 4) is 17.0 Å². The molecule has 0 spiro atoms. The average Bonchev–Trinajstić information content (AvgIpc) is 3.20. The average molecular weight is 396 g/mol. The van der Waals surface area contributed by atoms with Crippen LogP contribution in [-0.2, 0) is 0 Å². The number of carbonyl (C=O) groups is 2. The predicted molar refractivity (Wildman–Crippen MR) is 108 cm³/mol. The van der Waals surface area contributed by atoms with E-state index in [4.69, 9.17) is 0 Å². The molecular weight excluding hydrogens is 376 g/mol. The Morgan fingerprint density at radius 2 is 2.11 bits per heavy atom. The third-order valence-electron chi connectivity index (χ3n) is 4.53. The maximum Gasteiger partial charge on any atom is 0.342 e. The maximum absolute atomic E-state index is 12.3. The van der Waals surface area contributed by atoms with Crippen molar-refractivity contribution in [2.24, 2.45) is 0 Å². The van der Waals surface area contributed by atoms with Crippen LogP contribution < -0.4 is 10.6 Å². The summed E-state index contributed by atoms with van der Waals surface area (Å²) in [5, 5.41) is 22.2. The molecule has 144 valence electrons. The summed E-state index contributed by atoms with van der Waals surface area (Å²) in [6, 6.07) is 9.94. The molecular formula is C20H20N4O3S. The first-order valence-electron chi connectivity index (χ1n) is 9.13. The number of aromatic hydroxyl groups is 1. The van der Waals surface area contributed by atoms with Gasteiger partial charge in [0.25, 0.3) is 5.91 Å². The molecule has 0 unspecified atom stereocenters. The second kappa shape index (κ2) is 7.47. The molecule has 0 atom stereocenters. The number of hydrogen-bond acceptors (Lipinski definition) is 5. The quantitative estimate of drug-likeness (QED) is 0.568. The highest BCUT2D eigenvalue weighted by Crippen LogP contribution is 2.42. The van der Waals surface area contributed by atoms with Gasteiger partial charge in [-0.25, -0.2) is 4.79 Å². The number of hydrogen-bond donors (Lipinski definition) is 3. The first-order chi connectivity index (χ1) is 13.6. The Morgan fingerprint density at radius 1 is 1.29 bits per heavy atom. The third kappa shape index (κ3) is 3.63. The van der Waals surface area contributed by atoms with Crippen molar-refractivity contribution in [3.63, 3.8) is 0 Å². The van der Waals surface area contributed by atoms with Gasteiger partial charge in [0.2, 0.25) is 0 Å². The fraction of sp³-hybridized carbons (Fsp3) is 0.250. The minimum absolute atomic E-state index is 0.0389. The monoisotopic (exact) mass is 396 g/mol. The molecule has 3 N–H and O–H groups in total. The fourth-order valence-corrected chi connectivity index (χ4v) is 3.62. The maximum atomic E-state index is 12.3. The van der Waals surface area contributed by atoms with Crippen molar-refractivity contribution in [1.29, 1.82) is 0 Å². The summed E-state index contributed by atoms with van der Waals surface area (Å²) in [4.78, 5) is 25.2. The van der Waals surface area contributed by atoms with Crippen molar-refractivity contribution < 1.29 is 14.7 Å². The van der Waals surface area contributed by atoms with Crippen LogP contribution in [0.4, 0.5) is 10.5 Å². The molecule has 2 heterocycles. The van der Waals surface area contributed by atoms with Crippen LogP contribution in [0.1, 0.15) is 41.0 Å². The first kappa shape index (κ1) is 18.2. The number of nitrogens with one attached hydrogen (secondary N) is 2. The Bertz CT molecular complexity index is 1020. The summed E-state index contributed by atoms with van der Waals surface area (Å²) in [6.45, 7) is 2.36. The van der Waals surface area contributed by atoms with E-state index in [1.807, 2.05) is 24.4 Å². The van der Waals surface area contributed by atoms with E-state index in [1.54, 1.807) is 18.2 Å². The lowest BCUT2D eigenvalue weighted by atomic mass is 10.1. The summed E-state index contributed by atoms with van der Waals surface area (Å²) < 4.78 is 1.38. The van der Waals surface area contributed by atoms with Gasteiger partial charge in [-0.05, 0) is 55.5 Å². The number of phenolic OH excluding ortho intramolecular Hbond substituents is 1. The van der Waals surface area contributed by atoms with Gasteiger partial charge in [0.15, 0.2) is 0 Å². The van der Waals surface area contributed by atoms with Crippen LogP contribution in [0.15, 0.2) is 41.8 Å². The zero-order valence-corrected chi connectivity index (χ0v) is 16.1. The Labute approximate surface area is 166 Å². The zero-order chi connectivity index (χ0) is 19.7. The summed E-state index contributed by atoms with van der Waals surface area (Å²) in [5.41, 5.74) is 2.35. The van der Waals surface area contributed by atoms with Crippen molar-refractivity contribution in [3.05, 3.63) is 52.3 Å². The van der Waals surface area contributed by atoms with Crippen LogP contribution in [0.5, 0.6) is 5.75 Å². The third-order valence-corrected chi connectivity index (χ3v) is 5.40. The number of benzene rings is 1. The van der Waals surface area contributed by atoms with E-state index in [-0.39, 0.29) is 17.7 Å². The molecule has 2 amide bonds. The molecule has 4 rings (SSSR count). The summed E-state index contributed by atoms with van der Waals surface area (Å²) in [5.74, 6) is 0.142. The van der Waals surface area contributed by atoms with Gasteiger partial charge in [0, 0.05) is 23.7 Å². The van der Waals surface area contributed by atoms with Gasteiger partial charge in [0.1, 0.15) is 5.75 Å². The van der Waals surface area contributed by atoms with Gasteiger partial charge < -0.3 is 15.7 Å². The molecule has 1 saturated carbocycles. The number of thiophene rings is 1. The molecule has 1 aromatic carbocycles. The molecule has 1 aliphatic carbocycles. The van der Waals surface area contributed by atoms with Gasteiger partial charge in [-0.3, -0.25) is 4.79 Å². The number of anilines is 1. The van der Waals surface area contributed by atoms with E-state index in [2.05, 4.69) is 15.7 Å². The van der Waals surface area contributed by atoms with Crippen molar-refractivity contribution in [2.75, 3.05) is 11.9 Å². The normalized spacial score (nSPS) is 13.3. The predicted octanol–water partition coefficient (Wildman–Crippen LogP) is 4.02. The van der Waals surface area contributed by atoms with Crippen molar-refractivity contribution >= 4 is 29.0 Å². The van der Waals surface area contributed by atoms with E-state index in [0.717, 1.165) is 18.5 Å². The lowest BCUT2D eigenvalue weighted by molar-refractivity contribution is 0.103. The first-order valence-corrected chi connectivity index (χ1v) is 10.0. The standard InChI is InChI=1S/C20H20N4O3S/c1-2-21-20(27)24-16(12-5-6-12)11-15(23-24)14-10-13(7-8-17(14)25)22-19(26)18-4-3-9-28-18/h3-4,7-12,25H,2,5-6H2,1H3,(H,21,27)(H,22,26).